The van der Waals surface area contributed by atoms with E-state index in [2.05, 4.69) is 40.3 Å². The second kappa shape index (κ2) is 7.83. The molecule has 4 rings (SSSR count). The third kappa shape index (κ3) is 3.75. The van der Waals surface area contributed by atoms with Crippen LogP contribution in [0.4, 0.5) is 10.5 Å². The molecular formula is C22H18N2O3S. The third-order valence-corrected chi connectivity index (χ3v) is 5.45. The van der Waals surface area contributed by atoms with E-state index in [4.69, 9.17) is 4.74 Å². The molecule has 28 heavy (non-hydrogen) atoms. The Morgan fingerprint density at radius 3 is 2.89 bits per heavy atom. The summed E-state index contributed by atoms with van der Waals surface area (Å²) in [6.45, 7) is 1.61. The van der Waals surface area contributed by atoms with Crippen molar-refractivity contribution in [1.29, 1.82) is 0 Å². The molecule has 0 unspecified atom stereocenters. The van der Waals surface area contributed by atoms with Crippen molar-refractivity contribution < 1.29 is 14.3 Å². The first-order valence-electron chi connectivity index (χ1n) is 8.88. The number of nitrogens with zero attached hydrogens (tertiary/aromatic N) is 1. The predicted molar refractivity (Wildman–Crippen MR) is 111 cm³/mol. The number of hydrogen-bond donors (Lipinski definition) is 1. The summed E-state index contributed by atoms with van der Waals surface area (Å²) in [4.78, 5) is 25.7. The fourth-order valence-corrected chi connectivity index (χ4v) is 3.97. The molecule has 140 valence electrons. The van der Waals surface area contributed by atoms with E-state index in [0.29, 0.717) is 17.2 Å². The Balaban J connectivity index is 1.55. The molecule has 2 amide bonds. The van der Waals surface area contributed by atoms with Gasteiger partial charge in [0.2, 0.25) is 0 Å². The molecule has 6 heteroatoms. The van der Waals surface area contributed by atoms with Gasteiger partial charge in [-0.3, -0.25) is 14.9 Å². The molecule has 5 nitrogen and oxygen atoms in total. The molecule has 0 atom stereocenters. The van der Waals surface area contributed by atoms with Crippen LogP contribution < -0.4 is 15.0 Å². The monoisotopic (exact) mass is 390 g/mol. The van der Waals surface area contributed by atoms with Gasteiger partial charge >= 0.3 is 0 Å². The van der Waals surface area contributed by atoms with Crippen LogP contribution in [0.5, 0.6) is 5.75 Å². The van der Waals surface area contributed by atoms with Gasteiger partial charge in [0.05, 0.1) is 24.1 Å². The van der Waals surface area contributed by atoms with Gasteiger partial charge in [-0.15, -0.1) is 0 Å². The smallest absolute Gasteiger partial charge is 0.290 e. The van der Waals surface area contributed by atoms with Crippen molar-refractivity contribution in [3.05, 3.63) is 64.1 Å². The lowest BCUT2D eigenvalue weighted by atomic mass is 10.1. The SMILES string of the molecule is COc1ccc(/C=C2\SC(=O)NC2=O)cc1C#CCN1CCc2ccccc21. The fourth-order valence-electron chi connectivity index (χ4n) is 3.29. The molecule has 2 heterocycles. The van der Waals surface area contributed by atoms with E-state index in [-0.39, 0.29) is 11.1 Å². The molecule has 0 bridgehead atoms. The molecular weight excluding hydrogens is 372 g/mol. The maximum Gasteiger partial charge on any atom is 0.290 e. The number of carbonyl (C=O) groups is 2. The Hall–Kier alpha value is -3.17. The summed E-state index contributed by atoms with van der Waals surface area (Å²) in [5, 5.41) is 1.91. The number of benzene rings is 2. The fraction of sp³-hybridized carbons (Fsp3) is 0.182. The minimum atomic E-state index is -0.369. The highest BCUT2D eigenvalue weighted by molar-refractivity contribution is 8.18. The van der Waals surface area contributed by atoms with Crippen molar-refractivity contribution in [2.45, 2.75) is 6.42 Å². The molecule has 1 N–H and O–H groups in total. The van der Waals surface area contributed by atoms with E-state index in [1.54, 1.807) is 13.2 Å². The van der Waals surface area contributed by atoms with Gasteiger partial charge in [-0.2, -0.15) is 0 Å². The van der Waals surface area contributed by atoms with E-state index >= 15 is 0 Å². The van der Waals surface area contributed by atoms with Crippen molar-refractivity contribution in [1.82, 2.24) is 5.32 Å². The number of imide groups is 1. The standard InChI is InChI=1S/C22H18N2O3S/c1-27-19-9-8-15(14-20-21(25)23-22(26)28-20)13-17(19)6-4-11-24-12-10-16-5-2-3-7-18(16)24/h2-3,5,7-9,13-14H,10-12H2,1H3,(H,23,25,26)/b20-14-. The molecule has 0 spiro atoms. The number of ether oxygens (including phenoxy) is 1. The van der Waals surface area contributed by atoms with Gasteiger partial charge in [-0.05, 0) is 53.6 Å². The molecule has 0 saturated carbocycles. The van der Waals surface area contributed by atoms with Crippen LogP contribution in [0.15, 0.2) is 47.4 Å². The number of thioether (sulfide) groups is 1. The summed E-state index contributed by atoms with van der Waals surface area (Å²) >= 11 is 0.900. The summed E-state index contributed by atoms with van der Waals surface area (Å²) < 4.78 is 5.41. The number of carbonyl (C=O) groups excluding carboxylic acids is 2. The zero-order chi connectivity index (χ0) is 19.5. The average molecular weight is 390 g/mol. The van der Waals surface area contributed by atoms with Crippen molar-refractivity contribution in [2.75, 3.05) is 25.1 Å². The highest BCUT2D eigenvalue weighted by atomic mass is 32.2. The topological polar surface area (TPSA) is 58.6 Å². The molecule has 2 aliphatic rings. The van der Waals surface area contributed by atoms with Crippen molar-refractivity contribution in [2.24, 2.45) is 0 Å². The zero-order valence-electron chi connectivity index (χ0n) is 15.3. The minimum Gasteiger partial charge on any atom is -0.495 e. The van der Waals surface area contributed by atoms with Crippen LogP contribution in [0, 0.1) is 11.8 Å². The number of amides is 2. The van der Waals surface area contributed by atoms with Crippen LogP contribution in [0.1, 0.15) is 16.7 Å². The van der Waals surface area contributed by atoms with Crippen LogP contribution in [0.25, 0.3) is 6.08 Å². The van der Waals surface area contributed by atoms with E-state index in [0.717, 1.165) is 35.9 Å². The molecule has 1 saturated heterocycles. The normalized spacial score (nSPS) is 16.6. The highest BCUT2D eigenvalue weighted by Gasteiger charge is 2.25. The van der Waals surface area contributed by atoms with Crippen LogP contribution >= 0.6 is 11.8 Å². The summed E-state index contributed by atoms with van der Waals surface area (Å²) in [5.74, 6) is 6.73. The molecule has 2 aromatic rings. The maximum absolute atomic E-state index is 11.7. The van der Waals surface area contributed by atoms with Crippen LogP contribution in [0.3, 0.4) is 0 Å². The van der Waals surface area contributed by atoms with Gasteiger partial charge in [-0.25, -0.2) is 0 Å². The highest BCUT2D eigenvalue weighted by Crippen LogP contribution is 2.28. The number of rotatable bonds is 3. The number of hydrogen-bond acceptors (Lipinski definition) is 5. The van der Waals surface area contributed by atoms with Crippen molar-refractivity contribution >= 4 is 34.7 Å². The Morgan fingerprint density at radius 2 is 2.11 bits per heavy atom. The van der Waals surface area contributed by atoms with Gasteiger partial charge in [0.15, 0.2) is 0 Å². The van der Waals surface area contributed by atoms with Gasteiger partial charge in [-0.1, -0.05) is 36.1 Å². The summed E-state index contributed by atoms with van der Waals surface area (Å²) in [6.07, 6.45) is 2.73. The molecule has 1 fully saturated rings. The minimum absolute atomic E-state index is 0.351. The van der Waals surface area contributed by atoms with Gasteiger partial charge in [0.25, 0.3) is 11.1 Å². The zero-order valence-corrected chi connectivity index (χ0v) is 16.1. The van der Waals surface area contributed by atoms with Crippen LogP contribution in [-0.4, -0.2) is 31.3 Å². The lowest BCUT2D eigenvalue weighted by molar-refractivity contribution is -0.115. The second-order valence-corrected chi connectivity index (χ2v) is 7.43. The molecule has 2 aromatic carbocycles. The number of methoxy groups -OCH3 is 1. The van der Waals surface area contributed by atoms with Gasteiger partial charge < -0.3 is 9.64 Å². The lowest BCUT2D eigenvalue weighted by Gasteiger charge is -2.15. The number of nitrogens with one attached hydrogen (secondary N) is 1. The Bertz CT molecular complexity index is 1050. The lowest BCUT2D eigenvalue weighted by Crippen LogP contribution is -2.20. The molecule has 0 radical (unpaired) electrons. The number of fused-ring (bicyclic) bond motifs is 1. The van der Waals surface area contributed by atoms with E-state index in [9.17, 15) is 9.59 Å². The van der Waals surface area contributed by atoms with Gasteiger partial charge in [0, 0.05) is 12.2 Å². The number of para-hydroxylation sites is 1. The quantitative estimate of drug-likeness (QED) is 0.643. The summed E-state index contributed by atoms with van der Waals surface area (Å²) in [5.41, 5.74) is 4.15. The first-order valence-corrected chi connectivity index (χ1v) is 9.70. The Labute approximate surface area is 167 Å². The summed E-state index contributed by atoms with van der Waals surface area (Å²) in [7, 11) is 1.61. The van der Waals surface area contributed by atoms with Crippen molar-refractivity contribution in [3.8, 4) is 17.6 Å². The molecule has 0 aromatic heterocycles. The van der Waals surface area contributed by atoms with E-state index < -0.39 is 0 Å². The predicted octanol–water partition coefficient (Wildman–Crippen LogP) is 3.43. The first-order chi connectivity index (χ1) is 13.6. The Kier molecular flexibility index (Phi) is 5.09. The van der Waals surface area contributed by atoms with Crippen molar-refractivity contribution in [3.63, 3.8) is 0 Å². The second-order valence-electron chi connectivity index (χ2n) is 6.41. The van der Waals surface area contributed by atoms with E-state index in [1.807, 2.05) is 24.3 Å². The van der Waals surface area contributed by atoms with E-state index in [1.165, 1.54) is 11.3 Å². The maximum atomic E-state index is 11.7. The van der Waals surface area contributed by atoms with Gasteiger partial charge in [0.1, 0.15) is 5.75 Å². The largest absolute Gasteiger partial charge is 0.495 e. The third-order valence-electron chi connectivity index (χ3n) is 4.64. The Morgan fingerprint density at radius 1 is 1.25 bits per heavy atom. The van der Waals surface area contributed by atoms with Crippen LogP contribution in [-0.2, 0) is 11.2 Å². The first kappa shape index (κ1) is 18.2. The molecule has 0 aliphatic carbocycles. The molecule has 2 aliphatic heterocycles. The summed E-state index contributed by atoms with van der Waals surface area (Å²) in [6, 6.07) is 13.9. The van der Waals surface area contributed by atoms with Crippen LogP contribution in [0.2, 0.25) is 0 Å². The average Bonchev–Trinajstić information content (AvgIpc) is 3.25. The number of anilines is 1.